The summed E-state index contributed by atoms with van der Waals surface area (Å²) in [6.45, 7) is 0.723. The lowest BCUT2D eigenvalue weighted by Crippen LogP contribution is -2.38. The van der Waals surface area contributed by atoms with Gasteiger partial charge in [-0.25, -0.2) is 0 Å². The predicted octanol–water partition coefficient (Wildman–Crippen LogP) is 0.807. The van der Waals surface area contributed by atoms with Crippen LogP contribution in [-0.4, -0.2) is 31.2 Å². The fourth-order valence-electron chi connectivity index (χ4n) is 0.984. The lowest BCUT2D eigenvalue weighted by Gasteiger charge is -2.07. The molecule has 1 amide bonds. The Morgan fingerprint density at radius 3 is 2.43 bits per heavy atom. The van der Waals surface area contributed by atoms with Gasteiger partial charge in [0.25, 0.3) is 0 Å². The summed E-state index contributed by atoms with van der Waals surface area (Å²) in [5.74, 6) is -1.86. The minimum Gasteiger partial charge on any atom is -0.348 e. The van der Waals surface area contributed by atoms with Crippen LogP contribution in [-0.2, 0) is 4.79 Å². The summed E-state index contributed by atoms with van der Waals surface area (Å²) < 4.78 is 35.0. The standard InChI is InChI=1S/C8H13F3N2O/c9-8(10,11)7(14)13-5-1-4-12-6-2-3-6/h6,12H,1-5H2,(H,13,14). The zero-order valence-corrected chi connectivity index (χ0v) is 7.66. The molecule has 0 unspecified atom stereocenters. The molecule has 0 spiro atoms. The van der Waals surface area contributed by atoms with Crippen LogP contribution >= 0.6 is 0 Å². The van der Waals surface area contributed by atoms with Gasteiger partial charge in [-0.2, -0.15) is 13.2 Å². The lowest BCUT2D eigenvalue weighted by atomic mass is 10.4. The zero-order valence-electron chi connectivity index (χ0n) is 7.66. The third-order valence-corrected chi connectivity index (χ3v) is 1.91. The quantitative estimate of drug-likeness (QED) is 0.659. The summed E-state index contributed by atoms with van der Waals surface area (Å²) in [5, 5.41) is 4.95. The molecule has 0 aromatic carbocycles. The Labute approximate surface area is 80.0 Å². The highest BCUT2D eigenvalue weighted by Crippen LogP contribution is 2.18. The second kappa shape index (κ2) is 4.63. The van der Waals surface area contributed by atoms with Gasteiger partial charge < -0.3 is 10.6 Å². The molecule has 1 saturated carbocycles. The van der Waals surface area contributed by atoms with Crippen LogP contribution in [0.25, 0.3) is 0 Å². The Kier molecular flexibility index (Phi) is 3.74. The molecule has 0 aliphatic heterocycles. The number of alkyl halides is 3. The number of nitrogens with one attached hydrogen (secondary N) is 2. The van der Waals surface area contributed by atoms with Crippen molar-refractivity contribution in [1.29, 1.82) is 0 Å². The van der Waals surface area contributed by atoms with Gasteiger partial charge in [-0.15, -0.1) is 0 Å². The molecular formula is C8H13F3N2O. The molecule has 3 nitrogen and oxygen atoms in total. The summed E-state index contributed by atoms with van der Waals surface area (Å²) in [6.07, 6.45) is -1.94. The summed E-state index contributed by atoms with van der Waals surface area (Å²) >= 11 is 0. The van der Waals surface area contributed by atoms with Crippen molar-refractivity contribution in [3.05, 3.63) is 0 Å². The van der Waals surface area contributed by atoms with Crippen LogP contribution in [0.15, 0.2) is 0 Å². The Bertz CT molecular complexity index is 201. The van der Waals surface area contributed by atoms with Crippen LogP contribution in [0.5, 0.6) is 0 Å². The van der Waals surface area contributed by atoms with Crippen LogP contribution in [0.1, 0.15) is 19.3 Å². The van der Waals surface area contributed by atoms with E-state index in [9.17, 15) is 18.0 Å². The maximum absolute atomic E-state index is 11.7. The van der Waals surface area contributed by atoms with E-state index in [-0.39, 0.29) is 6.54 Å². The second-order valence-corrected chi connectivity index (χ2v) is 3.34. The van der Waals surface area contributed by atoms with E-state index in [1.165, 1.54) is 0 Å². The molecule has 14 heavy (non-hydrogen) atoms. The van der Waals surface area contributed by atoms with Crippen LogP contribution in [0.2, 0.25) is 0 Å². The van der Waals surface area contributed by atoms with Crippen molar-refractivity contribution in [1.82, 2.24) is 10.6 Å². The van der Waals surface area contributed by atoms with E-state index >= 15 is 0 Å². The Balaban J connectivity index is 1.94. The van der Waals surface area contributed by atoms with Crippen molar-refractivity contribution in [3.8, 4) is 0 Å². The Morgan fingerprint density at radius 1 is 1.29 bits per heavy atom. The molecule has 82 valence electrons. The molecule has 0 aromatic heterocycles. The van der Waals surface area contributed by atoms with Crippen molar-refractivity contribution < 1.29 is 18.0 Å². The number of rotatable bonds is 5. The Morgan fingerprint density at radius 2 is 1.93 bits per heavy atom. The fraction of sp³-hybridized carbons (Fsp3) is 0.875. The molecule has 0 bridgehead atoms. The molecule has 0 aromatic rings. The minimum absolute atomic E-state index is 0.0675. The normalized spacial score (nSPS) is 16.8. The van der Waals surface area contributed by atoms with Crippen molar-refractivity contribution in [2.75, 3.05) is 13.1 Å². The Hall–Kier alpha value is -0.780. The highest BCUT2D eigenvalue weighted by Gasteiger charge is 2.38. The number of hydrogen-bond acceptors (Lipinski definition) is 2. The van der Waals surface area contributed by atoms with Crippen molar-refractivity contribution in [2.24, 2.45) is 0 Å². The molecule has 0 atom stereocenters. The first kappa shape index (κ1) is 11.3. The summed E-state index contributed by atoms with van der Waals surface area (Å²) in [7, 11) is 0. The van der Waals surface area contributed by atoms with Crippen molar-refractivity contribution in [2.45, 2.75) is 31.5 Å². The van der Waals surface area contributed by atoms with E-state index in [4.69, 9.17) is 0 Å². The molecule has 0 radical (unpaired) electrons. The van der Waals surface area contributed by atoms with E-state index in [0.29, 0.717) is 19.0 Å². The van der Waals surface area contributed by atoms with Crippen molar-refractivity contribution in [3.63, 3.8) is 0 Å². The SMILES string of the molecule is O=C(NCCCNC1CC1)C(F)(F)F. The van der Waals surface area contributed by atoms with Crippen LogP contribution < -0.4 is 10.6 Å². The summed E-state index contributed by atoms with van der Waals surface area (Å²) in [5.41, 5.74) is 0. The van der Waals surface area contributed by atoms with Crippen molar-refractivity contribution >= 4 is 5.91 Å². The van der Waals surface area contributed by atoms with Gasteiger partial charge in [0, 0.05) is 12.6 Å². The monoisotopic (exact) mass is 210 g/mol. The van der Waals surface area contributed by atoms with Gasteiger partial charge in [0.2, 0.25) is 0 Å². The van der Waals surface area contributed by atoms with E-state index in [2.05, 4.69) is 5.32 Å². The van der Waals surface area contributed by atoms with Gasteiger partial charge in [-0.1, -0.05) is 0 Å². The zero-order chi connectivity index (χ0) is 10.6. The van der Waals surface area contributed by atoms with Gasteiger partial charge >= 0.3 is 12.1 Å². The molecule has 1 aliphatic carbocycles. The van der Waals surface area contributed by atoms with Gasteiger partial charge in [0.15, 0.2) is 0 Å². The number of amides is 1. The van der Waals surface area contributed by atoms with Crippen LogP contribution in [0, 0.1) is 0 Å². The average molecular weight is 210 g/mol. The van der Waals surface area contributed by atoms with Crippen LogP contribution in [0.3, 0.4) is 0 Å². The molecule has 6 heteroatoms. The first-order valence-corrected chi connectivity index (χ1v) is 4.58. The first-order valence-electron chi connectivity index (χ1n) is 4.58. The number of hydrogen-bond donors (Lipinski definition) is 2. The van der Waals surface area contributed by atoms with E-state index in [0.717, 1.165) is 12.8 Å². The topological polar surface area (TPSA) is 41.1 Å². The number of halogens is 3. The highest BCUT2D eigenvalue weighted by atomic mass is 19.4. The second-order valence-electron chi connectivity index (χ2n) is 3.34. The maximum atomic E-state index is 11.7. The van der Waals surface area contributed by atoms with E-state index in [1.54, 1.807) is 0 Å². The predicted molar refractivity (Wildman–Crippen MR) is 44.7 cm³/mol. The smallest absolute Gasteiger partial charge is 0.348 e. The fourth-order valence-corrected chi connectivity index (χ4v) is 0.984. The number of carbonyl (C=O) groups is 1. The molecule has 1 aliphatic rings. The first-order chi connectivity index (χ1) is 6.50. The molecular weight excluding hydrogens is 197 g/mol. The van der Waals surface area contributed by atoms with Gasteiger partial charge in [0.1, 0.15) is 0 Å². The van der Waals surface area contributed by atoms with Crippen LogP contribution in [0.4, 0.5) is 13.2 Å². The maximum Gasteiger partial charge on any atom is 0.471 e. The highest BCUT2D eigenvalue weighted by molar-refractivity contribution is 5.81. The molecule has 0 heterocycles. The van der Waals surface area contributed by atoms with Gasteiger partial charge in [-0.05, 0) is 25.8 Å². The molecule has 1 fully saturated rings. The molecule has 2 N–H and O–H groups in total. The number of carbonyl (C=O) groups excluding carboxylic acids is 1. The van der Waals surface area contributed by atoms with E-state index in [1.807, 2.05) is 5.32 Å². The summed E-state index contributed by atoms with van der Waals surface area (Å²) in [4.78, 5) is 10.3. The van der Waals surface area contributed by atoms with Gasteiger partial charge in [-0.3, -0.25) is 4.79 Å². The minimum atomic E-state index is -4.76. The molecule has 0 saturated heterocycles. The average Bonchev–Trinajstić information content (AvgIpc) is 2.85. The molecule has 1 rings (SSSR count). The third-order valence-electron chi connectivity index (χ3n) is 1.91. The van der Waals surface area contributed by atoms with E-state index < -0.39 is 12.1 Å². The third kappa shape index (κ3) is 4.45. The largest absolute Gasteiger partial charge is 0.471 e. The lowest BCUT2D eigenvalue weighted by molar-refractivity contribution is -0.173. The summed E-state index contributed by atoms with van der Waals surface area (Å²) in [6, 6.07) is 0.549. The van der Waals surface area contributed by atoms with Gasteiger partial charge in [0.05, 0.1) is 0 Å².